The van der Waals surface area contributed by atoms with Crippen LogP contribution in [0.25, 0.3) is 0 Å². The third kappa shape index (κ3) is 3.07. The zero-order valence-electron chi connectivity index (χ0n) is 15.3. The monoisotopic (exact) mass is 345 g/mol. The number of carbonyl (C=O) groups excluding carboxylic acids is 2. The predicted molar refractivity (Wildman–Crippen MR) is 96.6 cm³/mol. The third-order valence-corrected chi connectivity index (χ3v) is 10.3. The largest absolute Gasteiger partial charge is 0.417 e. The molecule has 1 aromatic rings. The maximum Gasteiger partial charge on any atom is 0.261 e. The van der Waals surface area contributed by atoms with E-state index in [4.69, 9.17) is 4.43 Å². The van der Waals surface area contributed by atoms with Crippen molar-refractivity contribution in [1.82, 2.24) is 4.90 Å². The minimum Gasteiger partial charge on any atom is -0.417 e. The molecule has 2 amide bonds. The maximum absolute atomic E-state index is 12.4. The quantitative estimate of drug-likeness (QED) is 0.600. The molecule has 1 saturated carbocycles. The van der Waals surface area contributed by atoms with Gasteiger partial charge < -0.3 is 4.43 Å². The van der Waals surface area contributed by atoms with E-state index in [1.54, 1.807) is 24.3 Å². The molecule has 1 aliphatic carbocycles. The molecule has 4 nitrogen and oxygen atoms in total. The Bertz CT molecular complexity index is 642. The van der Waals surface area contributed by atoms with Crippen molar-refractivity contribution >= 4 is 20.1 Å². The van der Waals surface area contributed by atoms with Crippen LogP contribution in [0.5, 0.6) is 0 Å². The molecule has 0 bridgehead atoms. The highest BCUT2D eigenvalue weighted by atomic mass is 28.4. The molecule has 5 heteroatoms. The van der Waals surface area contributed by atoms with Crippen LogP contribution in [0.15, 0.2) is 24.3 Å². The minimum absolute atomic E-state index is 0.147. The minimum atomic E-state index is -1.73. The zero-order chi connectivity index (χ0) is 17.7. The van der Waals surface area contributed by atoms with Gasteiger partial charge in [0, 0.05) is 13.2 Å². The van der Waals surface area contributed by atoms with Gasteiger partial charge in [0.2, 0.25) is 0 Å². The molecule has 130 valence electrons. The van der Waals surface area contributed by atoms with E-state index in [0.29, 0.717) is 29.5 Å². The molecule has 24 heavy (non-hydrogen) atoms. The van der Waals surface area contributed by atoms with Crippen molar-refractivity contribution < 1.29 is 14.0 Å². The summed E-state index contributed by atoms with van der Waals surface area (Å²) in [6.45, 7) is 12.5. The Morgan fingerprint density at radius 3 is 2.12 bits per heavy atom. The first-order chi connectivity index (χ1) is 11.1. The van der Waals surface area contributed by atoms with Crippen LogP contribution >= 0.6 is 0 Å². The van der Waals surface area contributed by atoms with Gasteiger partial charge in [0.15, 0.2) is 8.32 Å². The molecule has 1 fully saturated rings. The van der Waals surface area contributed by atoms with Gasteiger partial charge in [0.1, 0.15) is 0 Å². The van der Waals surface area contributed by atoms with Crippen LogP contribution in [-0.4, -0.2) is 38.2 Å². The topological polar surface area (TPSA) is 46.6 Å². The number of imide groups is 1. The number of carbonyl (C=O) groups is 2. The molecule has 1 aliphatic heterocycles. The molecule has 0 aromatic heterocycles. The lowest BCUT2D eigenvalue weighted by atomic mass is 10.1. The second-order valence-corrected chi connectivity index (χ2v) is 13.4. The molecular weight excluding hydrogens is 318 g/mol. The van der Waals surface area contributed by atoms with Gasteiger partial charge >= 0.3 is 0 Å². The average molecular weight is 346 g/mol. The van der Waals surface area contributed by atoms with Crippen LogP contribution in [0.2, 0.25) is 18.1 Å². The first kappa shape index (κ1) is 17.4. The van der Waals surface area contributed by atoms with Crippen molar-refractivity contribution in [3.63, 3.8) is 0 Å². The molecule has 1 aromatic carbocycles. The van der Waals surface area contributed by atoms with Crippen molar-refractivity contribution in [2.75, 3.05) is 13.2 Å². The zero-order valence-corrected chi connectivity index (χ0v) is 16.3. The lowest BCUT2D eigenvalue weighted by Crippen LogP contribution is -2.41. The first-order valence-corrected chi connectivity index (χ1v) is 11.6. The Balaban J connectivity index is 1.55. The molecule has 2 unspecified atom stereocenters. The van der Waals surface area contributed by atoms with Crippen LogP contribution in [0, 0.1) is 11.8 Å². The normalized spacial score (nSPS) is 23.6. The lowest BCUT2D eigenvalue weighted by molar-refractivity contribution is 0.0642. The van der Waals surface area contributed by atoms with Crippen LogP contribution in [0.4, 0.5) is 0 Å². The number of nitrogens with zero attached hydrogens (tertiary/aromatic N) is 1. The summed E-state index contributed by atoms with van der Waals surface area (Å²) in [5, 5.41) is 0.208. The highest BCUT2D eigenvalue weighted by Gasteiger charge is 2.45. The van der Waals surface area contributed by atoms with E-state index in [0.717, 1.165) is 13.0 Å². The maximum atomic E-state index is 12.4. The number of hydrogen-bond donors (Lipinski definition) is 0. The second kappa shape index (κ2) is 5.81. The highest BCUT2D eigenvalue weighted by molar-refractivity contribution is 6.74. The van der Waals surface area contributed by atoms with Crippen LogP contribution < -0.4 is 0 Å². The molecule has 2 aliphatic rings. The Labute approximate surface area is 145 Å². The van der Waals surface area contributed by atoms with Gasteiger partial charge in [-0.2, -0.15) is 0 Å². The smallest absolute Gasteiger partial charge is 0.261 e. The lowest BCUT2D eigenvalue weighted by Gasteiger charge is -2.36. The molecule has 0 spiro atoms. The fraction of sp³-hybridized carbons (Fsp3) is 0.579. The summed E-state index contributed by atoms with van der Waals surface area (Å²) >= 11 is 0. The molecule has 0 saturated heterocycles. The van der Waals surface area contributed by atoms with E-state index in [2.05, 4.69) is 33.9 Å². The summed E-state index contributed by atoms with van der Waals surface area (Å²) in [6, 6.07) is 7.09. The van der Waals surface area contributed by atoms with E-state index in [9.17, 15) is 9.59 Å². The Hall–Kier alpha value is -1.46. The SMILES string of the molecule is CC(C)(C)[Si](C)(C)OCC1CC1CN1C(=O)c2ccccc2C1=O. The fourth-order valence-corrected chi connectivity index (χ4v) is 3.97. The van der Waals surface area contributed by atoms with Gasteiger partial charge in [0.05, 0.1) is 11.1 Å². The van der Waals surface area contributed by atoms with Crippen molar-refractivity contribution in [3.8, 4) is 0 Å². The van der Waals surface area contributed by atoms with E-state index in [1.165, 1.54) is 4.90 Å². The van der Waals surface area contributed by atoms with Crippen molar-refractivity contribution in [1.29, 1.82) is 0 Å². The summed E-state index contributed by atoms with van der Waals surface area (Å²) < 4.78 is 6.28. The number of hydrogen-bond acceptors (Lipinski definition) is 3. The van der Waals surface area contributed by atoms with Crippen molar-refractivity contribution in [2.24, 2.45) is 11.8 Å². The number of fused-ring (bicyclic) bond motifs is 1. The van der Waals surface area contributed by atoms with Gasteiger partial charge in [-0.15, -0.1) is 0 Å². The summed E-state index contributed by atoms with van der Waals surface area (Å²) in [5.74, 6) is 0.568. The summed E-state index contributed by atoms with van der Waals surface area (Å²) in [6.07, 6.45) is 1.04. The predicted octanol–water partition coefficient (Wildman–Crippen LogP) is 3.94. The second-order valence-electron chi connectivity index (χ2n) is 8.59. The third-order valence-electron chi connectivity index (χ3n) is 5.83. The van der Waals surface area contributed by atoms with E-state index in [-0.39, 0.29) is 16.9 Å². The number of amides is 2. The standard InChI is InChI=1S/C19H27NO3Si/c1-19(2,3)24(4,5)23-12-14-10-13(14)11-20-17(21)15-8-6-7-9-16(15)18(20)22/h6-9,13-14H,10-12H2,1-5H3. The molecule has 0 N–H and O–H groups in total. The average Bonchev–Trinajstić information content (AvgIpc) is 3.21. The van der Waals surface area contributed by atoms with Gasteiger partial charge in [-0.1, -0.05) is 32.9 Å². The highest BCUT2D eigenvalue weighted by Crippen LogP contribution is 2.43. The van der Waals surface area contributed by atoms with Crippen molar-refractivity contribution in [3.05, 3.63) is 35.4 Å². The molecule has 1 heterocycles. The summed E-state index contributed by atoms with van der Waals surface area (Å²) in [4.78, 5) is 26.2. The molecule has 3 rings (SSSR count). The first-order valence-electron chi connectivity index (χ1n) is 8.71. The Kier molecular flexibility index (Phi) is 4.20. The van der Waals surface area contributed by atoms with Gasteiger partial charge in [0.25, 0.3) is 11.8 Å². The number of benzene rings is 1. The fourth-order valence-electron chi connectivity index (χ4n) is 2.91. The van der Waals surface area contributed by atoms with Gasteiger partial charge in [-0.05, 0) is 48.5 Å². The van der Waals surface area contributed by atoms with Crippen LogP contribution in [0.1, 0.15) is 47.9 Å². The van der Waals surface area contributed by atoms with Gasteiger partial charge in [-0.25, -0.2) is 0 Å². The van der Waals surface area contributed by atoms with E-state index in [1.807, 2.05) is 0 Å². The Morgan fingerprint density at radius 2 is 1.62 bits per heavy atom. The van der Waals surface area contributed by atoms with E-state index < -0.39 is 8.32 Å². The summed E-state index contributed by atoms with van der Waals surface area (Å²) in [5.41, 5.74) is 1.08. The van der Waals surface area contributed by atoms with Gasteiger partial charge in [-0.3, -0.25) is 14.5 Å². The molecule has 2 atom stereocenters. The van der Waals surface area contributed by atoms with Crippen LogP contribution in [-0.2, 0) is 4.43 Å². The Morgan fingerprint density at radius 1 is 1.08 bits per heavy atom. The molecular formula is C19H27NO3Si. The van der Waals surface area contributed by atoms with E-state index >= 15 is 0 Å². The summed E-state index contributed by atoms with van der Waals surface area (Å²) in [7, 11) is -1.73. The molecule has 0 radical (unpaired) electrons. The number of rotatable bonds is 5. The van der Waals surface area contributed by atoms with Crippen LogP contribution in [0.3, 0.4) is 0 Å². The van der Waals surface area contributed by atoms with Crippen molar-refractivity contribution in [2.45, 2.75) is 45.3 Å².